The van der Waals surface area contributed by atoms with Crippen LogP contribution in [0.25, 0.3) is 10.9 Å². The SMILES string of the molecule is Cn1ccnc1N1CCN(C(=O)Cc2c[nH]c3ccc(F)cc23)CC1. The zero-order valence-corrected chi connectivity index (χ0v) is 14.1. The third-order valence-electron chi connectivity index (χ3n) is 4.78. The monoisotopic (exact) mass is 341 g/mol. The molecule has 0 saturated carbocycles. The molecular formula is C18H20FN5O. The fourth-order valence-electron chi connectivity index (χ4n) is 3.39. The number of nitrogens with zero attached hydrogens (tertiary/aromatic N) is 4. The van der Waals surface area contributed by atoms with Gasteiger partial charge in [-0.1, -0.05) is 0 Å². The summed E-state index contributed by atoms with van der Waals surface area (Å²) < 4.78 is 15.5. The summed E-state index contributed by atoms with van der Waals surface area (Å²) in [6.45, 7) is 2.86. The first-order chi connectivity index (χ1) is 12.1. The number of amides is 1. The van der Waals surface area contributed by atoms with E-state index in [9.17, 15) is 9.18 Å². The average Bonchev–Trinajstić information content (AvgIpc) is 3.21. The van der Waals surface area contributed by atoms with Gasteiger partial charge in [-0.05, 0) is 23.8 Å². The van der Waals surface area contributed by atoms with Gasteiger partial charge in [-0.2, -0.15) is 0 Å². The first-order valence-corrected chi connectivity index (χ1v) is 8.37. The Morgan fingerprint density at radius 3 is 2.80 bits per heavy atom. The van der Waals surface area contributed by atoms with Gasteiger partial charge in [-0.25, -0.2) is 9.37 Å². The normalized spacial score (nSPS) is 15.1. The van der Waals surface area contributed by atoms with Gasteiger partial charge in [0.2, 0.25) is 11.9 Å². The number of benzene rings is 1. The highest BCUT2D eigenvalue weighted by Crippen LogP contribution is 2.21. The largest absolute Gasteiger partial charge is 0.361 e. The Morgan fingerprint density at radius 1 is 1.28 bits per heavy atom. The van der Waals surface area contributed by atoms with Gasteiger partial charge < -0.3 is 19.4 Å². The van der Waals surface area contributed by atoms with Crippen molar-refractivity contribution in [3.05, 3.63) is 48.2 Å². The molecule has 1 aromatic carbocycles. The Morgan fingerprint density at radius 2 is 2.08 bits per heavy atom. The van der Waals surface area contributed by atoms with E-state index in [4.69, 9.17) is 0 Å². The Hall–Kier alpha value is -2.83. The number of carbonyl (C=O) groups is 1. The number of rotatable bonds is 3. The van der Waals surface area contributed by atoms with Gasteiger partial charge in [0.1, 0.15) is 5.82 Å². The third-order valence-corrected chi connectivity index (χ3v) is 4.78. The van der Waals surface area contributed by atoms with Crippen LogP contribution < -0.4 is 4.90 Å². The van der Waals surface area contributed by atoms with E-state index in [2.05, 4.69) is 14.9 Å². The minimum absolute atomic E-state index is 0.0738. The fourth-order valence-corrected chi connectivity index (χ4v) is 3.39. The van der Waals surface area contributed by atoms with Crippen molar-refractivity contribution < 1.29 is 9.18 Å². The van der Waals surface area contributed by atoms with Crippen LogP contribution in [0.1, 0.15) is 5.56 Å². The van der Waals surface area contributed by atoms with E-state index >= 15 is 0 Å². The molecule has 0 bridgehead atoms. The summed E-state index contributed by atoms with van der Waals surface area (Å²) in [7, 11) is 1.97. The molecular weight excluding hydrogens is 321 g/mol. The number of hydrogen-bond donors (Lipinski definition) is 1. The van der Waals surface area contributed by atoms with Gasteiger partial charge in [-0.3, -0.25) is 4.79 Å². The molecule has 4 rings (SSSR count). The third kappa shape index (κ3) is 2.97. The maximum Gasteiger partial charge on any atom is 0.227 e. The van der Waals surface area contributed by atoms with Crippen LogP contribution in [-0.2, 0) is 18.3 Å². The summed E-state index contributed by atoms with van der Waals surface area (Å²) in [6.07, 6.45) is 5.78. The van der Waals surface area contributed by atoms with Crippen LogP contribution in [0.3, 0.4) is 0 Å². The van der Waals surface area contributed by atoms with Crippen LogP contribution in [0.5, 0.6) is 0 Å². The molecule has 0 atom stereocenters. The maximum absolute atomic E-state index is 13.5. The minimum atomic E-state index is -0.288. The quantitative estimate of drug-likeness (QED) is 0.792. The molecule has 0 radical (unpaired) electrons. The van der Waals surface area contributed by atoms with Crippen molar-refractivity contribution in [2.24, 2.45) is 7.05 Å². The van der Waals surface area contributed by atoms with Crippen LogP contribution >= 0.6 is 0 Å². The number of hydrogen-bond acceptors (Lipinski definition) is 3. The highest BCUT2D eigenvalue weighted by molar-refractivity contribution is 5.89. The molecule has 1 aliphatic heterocycles. The van der Waals surface area contributed by atoms with Crippen molar-refractivity contribution in [3.63, 3.8) is 0 Å². The number of aromatic amines is 1. The summed E-state index contributed by atoms with van der Waals surface area (Å²) in [5.74, 6) is 0.716. The molecule has 1 saturated heterocycles. The van der Waals surface area contributed by atoms with Crippen LogP contribution in [0.2, 0.25) is 0 Å². The van der Waals surface area contributed by atoms with Crippen molar-refractivity contribution in [3.8, 4) is 0 Å². The number of aromatic nitrogens is 3. The van der Waals surface area contributed by atoms with Crippen molar-refractivity contribution in [1.29, 1.82) is 0 Å². The average molecular weight is 341 g/mol. The van der Waals surface area contributed by atoms with Crippen LogP contribution in [0, 0.1) is 5.82 Å². The Labute approximate surface area is 144 Å². The molecule has 7 heteroatoms. The zero-order chi connectivity index (χ0) is 17.4. The summed E-state index contributed by atoms with van der Waals surface area (Å²) in [5, 5.41) is 0.778. The van der Waals surface area contributed by atoms with E-state index in [0.717, 1.165) is 35.5 Å². The van der Waals surface area contributed by atoms with Gasteiger partial charge in [0, 0.05) is 62.7 Å². The van der Waals surface area contributed by atoms with Crippen molar-refractivity contribution in [1.82, 2.24) is 19.4 Å². The summed E-state index contributed by atoms with van der Waals surface area (Å²) in [4.78, 5) is 24.1. The molecule has 3 heterocycles. The van der Waals surface area contributed by atoms with Gasteiger partial charge in [-0.15, -0.1) is 0 Å². The van der Waals surface area contributed by atoms with Crippen LogP contribution in [0.4, 0.5) is 10.3 Å². The number of imidazole rings is 1. The number of H-pyrrole nitrogens is 1. The lowest BCUT2D eigenvalue weighted by molar-refractivity contribution is -0.130. The van der Waals surface area contributed by atoms with Crippen molar-refractivity contribution in [2.45, 2.75) is 6.42 Å². The molecule has 1 fully saturated rings. The lowest BCUT2D eigenvalue weighted by Gasteiger charge is -2.35. The number of halogens is 1. The van der Waals surface area contributed by atoms with Crippen molar-refractivity contribution in [2.75, 3.05) is 31.1 Å². The van der Waals surface area contributed by atoms with Crippen LogP contribution in [-0.4, -0.2) is 51.5 Å². The molecule has 130 valence electrons. The Bertz CT molecular complexity index is 907. The van der Waals surface area contributed by atoms with E-state index in [1.54, 1.807) is 18.5 Å². The topological polar surface area (TPSA) is 57.2 Å². The zero-order valence-electron chi connectivity index (χ0n) is 14.1. The van der Waals surface area contributed by atoms with Gasteiger partial charge in [0.25, 0.3) is 0 Å². The van der Waals surface area contributed by atoms with Gasteiger partial charge in [0.05, 0.1) is 6.42 Å². The summed E-state index contributed by atoms with van der Waals surface area (Å²) >= 11 is 0. The smallest absolute Gasteiger partial charge is 0.227 e. The predicted octanol–water partition coefficient (Wildman–Crippen LogP) is 1.93. The first-order valence-electron chi connectivity index (χ1n) is 8.37. The number of aryl methyl sites for hydroxylation is 1. The second-order valence-corrected chi connectivity index (χ2v) is 6.39. The highest BCUT2D eigenvalue weighted by Gasteiger charge is 2.23. The molecule has 1 aliphatic rings. The number of fused-ring (bicyclic) bond motifs is 1. The van der Waals surface area contributed by atoms with E-state index in [1.807, 2.05) is 22.7 Å². The van der Waals surface area contributed by atoms with Gasteiger partial charge >= 0.3 is 0 Å². The Kier molecular flexibility index (Phi) is 3.91. The predicted molar refractivity (Wildman–Crippen MR) is 94.0 cm³/mol. The van der Waals surface area contributed by atoms with E-state index in [-0.39, 0.29) is 18.1 Å². The highest BCUT2D eigenvalue weighted by atomic mass is 19.1. The lowest BCUT2D eigenvalue weighted by atomic mass is 10.1. The lowest BCUT2D eigenvalue weighted by Crippen LogP contribution is -2.49. The fraction of sp³-hybridized carbons (Fsp3) is 0.333. The summed E-state index contributed by atoms with van der Waals surface area (Å²) in [6, 6.07) is 4.60. The molecule has 1 N–H and O–H groups in total. The molecule has 0 unspecified atom stereocenters. The second-order valence-electron chi connectivity index (χ2n) is 6.39. The van der Waals surface area contributed by atoms with E-state index in [1.165, 1.54) is 12.1 Å². The molecule has 0 spiro atoms. The standard InChI is InChI=1S/C18H20FN5O/c1-22-5-4-20-18(22)24-8-6-23(7-9-24)17(25)10-13-12-21-16-3-2-14(19)11-15(13)16/h2-5,11-12,21H,6-10H2,1H3. The van der Waals surface area contributed by atoms with Gasteiger partial charge in [0.15, 0.2) is 0 Å². The molecule has 6 nitrogen and oxygen atoms in total. The van der Waals surface area contributed by atoms with Crippen molar-refractivity contribution >= 4 is 22.8 Å². The molecule has 2 aromatic heterocycles. The minimum Gasteiger partial charge on any atom is -0.361 e. The number of piperazine rings is 1. The molecule has 1 amide bonds. The molecule has 3 aromatic rings. The Balaban J connectivity index is 1.42. The van der Waals surface area contributed by atoms with E-state index in [0.29, 0.717) is 13.1 Å². The number of nitrogens with one attached hydrogen (secondary N) is 1. The number of anilines is 1. The second kappa shape index (κ2) is 6.23. The molecule has 25 heavy (non-hydrogen) atoms. The first kappa shape index (κ1) is 15.7. The summed E-state index contributed by atoms with van der Waals surface area (Å²) in [5.41, 5.74) is 1.69. The molecule has 0 aliphatic carbocycles. The number of carbonyl (C=O) groups excluding carboxylic acids is 1. The maximum atomic E-state index is 13.5. The van der Waals surface area contributed by atoms with Crippen LogP contribution in [0.15, 0.2) is 36.8 Å². The van der Waals surface area contributed by atoms with E-state index < -0.39 is 0 Å².